The Kier molecular flexibility index (Phi) is 4.48. The summed E-state index contributed by atoms with van der Waals surface area (Å²) in [5.74, 6) is 1.37. The molecule has 0 spiro atoms. The standard InChI is InChI=1S/C17H31NO2/c1-12-6-8-13(9-7-12)15(19)20-11-14-10-16(2,3)18-17(14,4)5/h12-14,18H,6-11H2,1-5H3. The average Bonchev–Trinajstić information content (AvgIpc) is 2.54. The van der Waals surface area contributed by atoms with Crippen LogP contribution >= 0.6 is 0 Å². The van der Waals surface area contributed by atoms with Crippen molar-refractivity contribution in [3.8, 4) is 0 Å². The van der Waals surface area contributed by atoms with Gasteiger partial charge in [0.05, 0.1) is 12.5 Å². The molecule has 1 aliphatic carbocycles. The molecule has 1 aliphatic heterocycles. The molecule has 2 rings (SSSR count). The van der Waals surface area contributed by atoms with Crippen LogP contribution in [0.4, 0.5) is 0 Å². The van der Waals surface area contributed by atoms with Crippen molar-refractivity contribution in [3.05, 3.63) is 0 Å². The molecule has 1 saturated heterocycles. The van der Waals surface area contributed by atoms with E-state index in [1.165, 1.54) is 12.8 Å². The molecule has 3 nitrogen and oxygen atoms in total. The number of carbonyl (C=O) groups is 1. The highest BCUT2D eigenvalue weighted by Crippen LogP contribution is 2.36. The van der Waals surface area contributed by atoms with E-state index in [-0.39, 0.29) is 23.0 Å². The van der Waals surface area contributed by atoms with Crippen molar-refractivity contribution in [2.24, 2.45) is 17.8 Å². The van der Waals surface area contributed by atoms with Gasteiger partial charge in [-0.3, -0.25) is 4.79 Å². The molecule has 0 aromatic rings. The van der Waals surface area contributed by atoms with Crippen molar-refractivity contribution in [2.45, 2.75) is 77.8 Å². The van der Waals surface area contributed by atoms with E-state index < -0.39 is 0 Å². The Bertz CT molecular complexity index is 354. The molecule has 0 bridgehead atoms. The van der Waals surface area contributed by atoms with Gasteiger partial charge in [-0.05, 0) is 65.7 Å². The lowest BCUT2D eigenvalue weighted by Gasteiger charge is -2.29. The van der Waals surface area contributed by atoms with Crippen LogP contribution in [-0.4, -0.2) is 23.7 Å². The van der Waals surface area contributed by atoms with Crippen molar-refractivity contribution in [1.29, 1.82) is 0 Å². The lowest BCUT2D eigenvalue weighted by Crippen LogP contribution is -2.46. The van der Waals surface area contributed by atoms with Crippen LogP contribution in [0.5, 0.6) is 0 Å². The van der Waals surface area contributed by atoms with Crippen LogP contribution in [0.15, 0.2) is 0 Å². The zero-order valence-corrected chi connectivity index (χ0v) is 13.8. The maximum absolute atomic E-state index is 12.2. The van der Waals surface area contributed by atoms with E-state index in [1.807, 2.05) is 0 Å². The van der Waals surface area contributed by atoms with Gasteiger partial charge in [0.15, 0.2) is 0 Å². The van der Waals surface area contributed by atoms with Gasteiger partial charge >= 0.3 is 5.97 Å². The second-order valence-corrected chi connectivity index (χ2v) is 8.22. The summed E-state index contributed by atoms with van der Waals surface area (Å²) in [7, 11) is 0. The summed E-state index contributed by atoms with van der Waals surface area (Å²) in [4.78, 5) is 12.2. The van der Waals surface area contributed by atoms with Crippen LogP contribution in [0.25, 0.3) is 0 Å². The van der Waals surface area contributed by atoms with Gasteiger partial charge in [0.25, 0.3) is 0 Å². The fourth-order valence-corrected chi connectivity index (χ4v) is 3.96. The summed E-state index contributed by atoms with van der Waals surface area (Å²) in [6, 6.07) is 0. The third-order valence-corrected chi connectivity index (χ3v) is 5.21. The number of nitrogens with one attached hydrogen (secondary N) is 1. The quantitative estimate of drug-likeness (QED) is 0.804. The molecule has 1 atom stereocenters. The molecule has 0 aromatic carbocycles. The topological polar surface area (TPSA) is 38.3 Å². The van der Waals surface area contributed by atoms with E-state index in [0.29, 0.717) is 12.5 Å². The van der Waals surface area contributed by atoms with Gasteiger partial charge in [-0.25, -0.2) is 0 Å². The summed E-state index contributed by atoms with van der Waals surface area (Å²) in [6.45, 7) is 11.7. The van der Waals surface area contributed by atoms with E-state index in [9.17, 15) is 4.79 Å². The smallest absolute Gasteiger partial charge is 0.308 e. The Morgan fingerprint density at radius 2 is 1.75 bits per heavy atom. The molecule has 20 heavy (non-hydrogen) atoms. The number of rotatable bonds is 3. The molecule has 2 fully saturated rings. The summed E-state index contributed by atoms with van der Waals surface area (Å²) in [6.07, 6.45) is 5.43. The normalized spacial score (nSPS) is 35.8. The molecule has 1 heterocycles. The van der Waals surface area contributed by atoms with Crippen molar-refractivity contribution >= 4 is 5.97 Å². The third-order valence-electron chi connectivity index (χ3n) is 5.21. The first-order chi connectivity index (χ1) is 9.20. The van der Waals surface area contributed by atoms with E-state index in [1.54, 1.807) is 0 Å². The van der Waals surface area contributed by atoms with Gasteiger partial charge in [0.2, 0.25) is 0 Å². The molecule has 2 aliphatic rings. The molecule has 1 saturated carbocycles. The van der Waals surface area contributed by atoms with E-state index in [2.05, 4.69) is 39.9 Å². The summed E-state index contributed by atoms with van der Waals surface area (Å²) in [5, 5.41) is 3.64. The number of hydrogen-bond acceptors (Lipinski definition) is 3. The SMILES string of the molecule is CC1CCC(C(=O)OCC2CC(C)(C)NC2(C)C)CC1. The van der Waals surface area contributed by atoms with Gasteiger partial charge < -0.3 is 10.1 Å². The van der Waals surface area contributed by atoms with Crippen molar-refractivity contribution in [3.63, 3.8) is 0 Å². The van der Waals surface area contributed by atoms with Crippen LogP contribution in [-0.2, 0) is 9.53 Å². The predicted molar refractivity (Wildman–Crippen MR) is 81.5 cm³/mol. The van der Waals surface area contributed by atoms with Gasteiger partial charge in [0.1, 0.15) is 0 Å². The predicted octanol–water partition coefficient (Wildman–Crippen LogP) is 3.52. The fourth-order valence-electron chi connectivity index (χ4n) is 3.96. The lowest BCUT2D eigenvalue weighted by atomic mass is 9.83. The summed E-state index contributed by atoms with van der Waals surface area (Å²) >= 11 is 0. The van der Waals surface area contributed by atoms with Crippen molar-refractivity contribution in [1.82, 2.24) is 5.32 Å². The van der Waals surface area contributed by atoms with Crippen LogP contribution < -0.4 is 5.32 Å². The minimum atomic E-state index is 0.0393. The van der Waals surface area contributed by atoms with Crippen LogP contribution in [0.3, 0.4) is 0 Å². The molecule has 3 heteroatoms. The first-order valence-electron chi connectivity index (χ1n) is 8.15. The Morgan fingerprint density at radius 3 is 2.25 bits per heavy atom. The molecule has 0 amide bonds. The van der Waals surface area contributed by atoms with E-state index in [0.717, 1.165) is 25.2 Å². The third kappa shape index (κ3) is 3.75. The lowest BCUT2D eigenvalue weighted by molar-refractivity contribution is -0.151. The number of carbonyl (C=O) groups excluding carboxylic acids is 1. The molecule has 1 N–H and O–H groups in total. The van der Waals surface area contributed by atoms with E-state index in [4.69, 9.17) is 4.74 Å². The zero-order chi connectivity index (χ0) is 15.0. The monoisotopic (exact) mass is 281 g/mol. The molecule has 1 unspecified atom stereocenters. The number of ether oxygens (including phenoxy) is 1. The molecule has 0 aromatic heterocycles. The molecule has 0 radical (unpaired) electrons. The fraction of sp³-hybridized carbons (Fsp3) is 0.941. The average molecular weight is 281 g/mol. The van der Waals surface area contributed by atoms with Gasteiger partial charge in [-0.2, -0.15) is 0 Å². The largest absolute Gasteiger partial charge is 0.465 e. The first kappa shape index (κ1) is 15.8. The summed E-state index contributed by atoms with van der Waals surface area (Å²) < 4.78 is 5.65. The summed E-state index contributed by atoms with van der Waals surface area (Å²) in [5.41, 5.74) is 0.186. The number of hydrogen-bond donors (Lipinski definition) is 1. The molecule has 116 valence electrons. The zero-order valence-electron chi connectivity index (χ0n) is 13.8. The van der Waals surface area contributed by atoms with Crippen molar-refractivity contribution < 1.29 is 9.53 Å². The molecular weight excluding hydrogens is 250 g/mol. The van der Waals surface area contributed by atoms with Crippen LogP contribution in [0.2, 0.25) is 0 Å². The van der Waals surface area contributed by atoms with Gasteiger partial charge in [-0.15, -0.1) is 0 Å². The highest BCUT2D eigenvalue weighted by molar-refractivity contribution is 5.72. The maximum Gasteiger partial charge on any atom is 0.308 e. The Balaban J connectivity index is 1.82. The highest BCUT2D eigenvalue weighted by atomic mass is 16.5. The second kappa shape index (κ2) is 5.67. The minimum absolute atomic E-state index is 0.0393. The first-order valence-corrected chi connectivity index (χ1v) is 8.15. The Labute approximate surface area is 123 Å². The van der Waals surface area contributed by atoms with Crippen molar-refractivity contribution in [2.75, 3.05) is 6.61 Å². The minimum Gasteiger partial charge on any atom is -0.465 e. The van der Waals surface area contributed by atoms with E-state index >= 15 is 0 Å². The molecular formula is C17H31NO2. The van der Waals surface area contributed by atoms with Crippen LogP contribution in [0, 0.1) is 17.8 Å². The van der Waals surface area contributed by atoms with Crippen LogP contribution in [0.1, 0.15) is 66.7 Å². The maximum atomic E-state index is 12.2. The number of esters is 1. The Morgan fingerprint density at radius 1 is 1.15 bits per heavy atom. The second-order valence-electron chi connectivity index (χ2n) is 8.22. The van der Waals surface area contributed by atoms with Gasteiger partial charge in [0, 0.05) is 17.0 Å². The highest BCUT2D eigenvalue weighted by Gasteiger charge is 2.44. The Hall–Kier alpha value is -0.570. The van der Waals surface area contributed by atoms with Gasteiger partial charge in [-0.1, -0.05) is 6.92 Å².